The van der Waals surface area contributed by atoms with E-state index >= 15 is 0 Å². The second-order valence-corrected chi connectivity index (χ2v) is 4.55. The fourth-order valence-corrected chi connectivity index (χ4v) is 2.32. The minimum absolute atomic E-state index is 0.792. The highest BCUT2D eigenvalue weighted by molar-refractivity contribution is 6.31. The van der Waals surface area contributed by atoms with Gasteiger partial charge in [-0.25, -0.2) is 0 Å². The number of piperidine rings is 1. The van der Waals surface area contributed by atoms with E-state index in [-0.39, 0.29) is 0 Å². The highest BCUT2D eigenvalue weighted by Gasteiger charge is 2.13. The van der Waals surface area contributed by atoms with E-state index in [0.29, 0.717) is 0 Å². The summed E-state index contributed by atoms with van der Waals surface area (Å²) in [4.78, 5) is 2.43. The van der Waals surface area contributed by atoms with Crippen LogP contribution in [0.1, 0.15) is 24.8 Å². The molecule has 3 heteroatoms. The van der Waals surface area contributed by atoms with Gasteiger partial charge in [-0.15, -0.1) is 0 Å². The molecule has 0 radical (unpaired) electrons. The van der Waals surface area contributed by atoms with Crippen LogP contribution in [-0.4, -0.2) is 18.0 Å². The van der Waals surface area contributed by atoms with Crippen molar-refractivity contribution in [3.63, 3.8) is 0 Å². The predicted octanol–water partition coefficient (Wildman–Crippen LogP) is 2.91. The molecule has 0 amide bonds. The first-order valence-corrected chi connectivity index (χ1v) is 5.90. The van der Waals surface area contributed by atoms with Crippen LogP contribution in [0.25, 0.3) is 0 Å². The van der Waals surface area contributed by atoms with Crippen LogP contribution in [0.15, 0.2) is 18.2 Å². The average Bonchev–Trinajstić information content (AvgIpc) is 2.25. The highest BCUT2D eigenvalue weighted by atomic mass is 35.5. The van der Waals surface area contributed by atoms with Crippen LogP contribution in [0.3, 0.4) is 0 Å². The molecule has 2 N–H and O–H groups in total. The predicted molar refractivity (Wildman–Crippen MR) is 65.0 cm³/mol. The number of hydrogen-bond donors (Lipinski definition) is 1. The second kappa shape index (κ2) is 4.86. The van der Waals surface area contributed by atoms with E-state index in [9.17, 15) is 0 Å². The third-order valence-electron chi connectivity index (χ3n) is 2.99. The smallest absolute Gasteiger partial charge is 0.0471 e. The van der Waals surface area contributed by atoms with E-state index in [1.54, 1.807) is 0 Å². The summed E-state index contributed by atoms with van der Waals surface area (Å²) in [5.41, 5.74) is 7.82. The lowest BCUT2D eigenvalue weighted by Crippen LogP contribution is -2.29. The number of halogens is 1. The lowest BCUT2D eigenvalue weighted by Gasteiger charge is -2.27. The molecule has 0 unspecified atom stereocenters. The van der Waals surface area contributed by atoms with Crippen LogP contribution in [0.5, 0.6) is 0 Å². The molecule has 15 heavy (non-hydrogen) atoms. The van der Waals surface area contributed by atoms with Gasteiger partial charge in [0, 0.05) is 22.8 Å². The zero-order valence-corrected chi connectivity index (χ0v) is 9.63. The van der Waals surface area contributed by atoms with E-state index in [1.165, 1.54) is 32.4 Å². The Balaban J connectivity index is 2.09. The van der Waals surface area contributed by atoms with Gasteiger partial charge in [0.25, 0.3) is 0 Å². The highest BCUT2D eigenvalue weighted by Crippen LogP contribution is 2.24. The Morgan fingerprint density at radius 1 is 1.20 bits per heavy atom. The summed E-state index contributed by atoms with van der Waals surface area (Å²) in [6.07, 6.45) is 3.95. The van der Waals surface area contributed by atoms with E-state index in [2.05, 4.69) is 4.90 Å². The van der Waals surface area contributed by atoms with Crippen molar-refractivity contribution in [1.29, 1.82) is 0 Å². The molecule has 0 atom stereocenters. The Bertz CT molecular complexity index is 312. The van der Waals surface area contributed by atoms with Crippen molar-refractivity contribution >= 4 is 17.3 Å². The molecule has 2 nitrogen and oxygen atoms in total. The molecule has 0 aliphatic carbocycles. The van der Waals surface area contributed by atoms with E-state index in [1.807, 2.05) is 18.2 Å². The molecule has 1 aliphatic rings. The van der Waals surface area contributed by atoms with Crippen molar-refractivity contribution in [2.24, 2.45) is 0 Å². The Kier molecular flexibility index (Phi) is 3.49. The molecule has 1 fully saturated rings. The number of benzene rings is 1. The first kappa shape index (κ1) is 10.8. The summed E-state index contributed by atoms with van der Waals surface area (Å²) >= 11 is 6.14. The zero-order chi connectivity index (χ0) is 10.7. The molecule has 0 aromatic heterocycles. The van der Waals surface area contributed by atoms with Gasteiger partial charge >= 0.3 is 0 Å². The second-order valence-electron chi connectivity index (χ2n) is 4.14. The quantitative estimate of drug-likeness (QED) is 0.783. The van der Waals surface area contributed by atoms with E-state index in [4.69, 9.17) is 17.3 Å². The van der Waals surface area contributed by atoms with Crippen molar-refractivity contribution in [3.05, 3.63) is 28.8 Å². The first-order chi connectivity index (χ1) is 7.27. The fraction of sp³-hybridized carbons (Fsp3) is 0.500. The minimum atomic E-state index is 0.792. The van der Waals surface area contributed by atoms with Gasteiger partial charge < -0.3 is 5.73 Å². The summed E-state index contributed by atoms with van der Waals surface area (Å²) in [7, 11) is 0. The van der Waals surface area contributed by atoms with E-state index in [0.717, 1.165) is 22.8 Å². The summed E-state index contributed by atoms with van der Waals surface area (Å²) < 4.78 is 0. The molecule has 1 aliphatic heterocycles. The maximum atomic E-state index is 6.14. The summed E-state index contributed by atoms with van der Waals surface area (Å²) in [6, 6.07) is 5.74. The monoisotopic (exact) mass is 224 g/mol. The van der Waals surface area contributed by atoms with Crippen molar-refractivity contribution in [2.45, 2.75) is 25.8 Å². The summed E-state index contributed by atoms with van der Waals surface area (Å²) in [5.74, 6) is 0. The fourth-order valence-electron chi connectivity index (χ4n) is 2.08. The van der Waals surface area contributed by atoms with Crippen molar-refractivity contribution in [2.75, 3.05) is 18.8 Å². The van der Waals surface area contributed by atoms with Gasteiger partial charge in [0.2, 0.25) is 0 Å². The number of anilines is 1. The molecular weight excluding hydrogens is 208 g/mol. The van der Waals surface area contributed by atoms with Gasteiger partial charge in [0.05, 0.1) is 0 Å². The van der Waals surface area contributed by atoms with Crippen LogP contribution in [-0.2, 0) is 6.54 Å². The first-order valence-electron chi connectivity index (χ1n) is 5.52. The van der Waals surface area contributed by atoms with Crippen molar-refractivity contribution < 1.29 is 0 Å². The number of likely N-dealkylation sites (tertiary alicyclic amines) is 1. The largest absolute Gasteiger partial charge is 0.398 e. The van der Waals surface area contributed by atoms with Gasteiger partial charge in [-0.1, -0.05) is 24.1 Å². The Labute approximate surface area is 96.0 Å². The van der Waals surface area contributed by atoms with Crippen LogP contribution in [0, 0.1) is 0 Å². The van der Waals surface area contributed by atoms with Gasteiger partial charge in [-0.2, -0.15) is 0 Å². The maximum absolute atomic E-state index is 6.14. The molecule has 82 valence electrons. The number of rotatable bonds is 2. The molecule has 1 saturated heterocycles. The number of hydrogen-bond acceptors (Lipinski definition) is 2. The zero-order valence-electron chi connectivity index (χ0n) is 8.88. The summed E-state index contributed by atoms with van der Waals surface area (Å²) in [6.45, 7) is 3.24. The molecule has 0 saturated carbocycles. The number of nitrogen functional groups attached to an aromatic ring is 1. The lowest BCUT2D eigenvalue weighted by atomic mass is 10.1. The Hall–Kier alpha value is -0.730. The van der Waals surface area contributed by atoms with E-state index < -0.39 is 0 Å². The molecule has 2 rings (SSSR count). The Morgan fingerprint density at radius 2 is 1.93 bits per heavy atom. The third-order valence-corrected chi connectivity index (χ3v) is 3.34. The minimum Gasteiger partial charge on any atom is -0.398 e. The maximum Gasteiger partial charge on any atom is 0.0471 e. The van der Waals surface area contributed by atoms with Crippen LogP contribution in [0.4, 0.5) is 5.69 Å². The third kappa shape index (κ3) is 2.64. The van der Waals surface area contributed by atoms with Gasteiger partial charge in [0.1, 0.15) is 0 Å². The SMILES string of the molecule is Nc1cccc(Cl)c1CN1CCCCC1. The molecule has 0 bridgehead atoms. The van der Waals surface area contributed by atoms with Crippen LogP contribution >= 0.6 is 11.6 Å². The molecule has 1 aromatic rings. The van der Waals surface area contributed by atoms with Gasteiger partial charge in [-0.05, 0) is 38.1 Å². The van der Waals surface area contributed by atoms with Crippen LogP contribution in [0.2, 0.25) is 5.02 Å². The topological polar surface area (TPSA) is 29.3 Å². The van der Waals surface area contributed by atoms with Gasteiger partial charge in [-0.3, -0.25) is 4.90 Å². The molecule has 1 heterocycles. The summed E-state index contributed by atoms with van der Waals surface area (Å²) in [5, 5.41) is 0.792. The molecular formula is C12H17ClN2. The number of nitrogens with two attached hydrogens (primary N) is 1. The Morgan fingerprint density at radius 3 is 2.60 bits per heavy atom. The standard InChI is InChI=1S/C12H17ClN2/c13-11-5-4-6-12(14)10(11)9-15-7-2-1-3-8-15/h4-6H,1-3,7-9,14H2. The van der Waals surface area contributed by atoms with Gasteiger partial charge in [0.15, 0.2) is 0 Å². The normalized spacial score (nSPS) is 17.9. The average molecular weight is 225 g/mol. The van der Waals surface area contributed by atoms with Crippen LogP contribution < -0.4 is 5.73 Å². The molecule has 0 spiro atoms. The molecule has 1 aromatic carbocycles. The number of nitrogens with zero attached hydrogens (tertiary/aromatic N) is 1. The van der Waals surface area contributed by atoms with Crippen molar-refractivity contribution in [1.82, 2.24) is 4.90 Å². The lowest BCUT2D eigenvalue weighted by molar-refractivity contribution is 0.221. The van der Waals surface area contributed by atoms with Crippen molar-refractivity contribution in [3.8, 4) is 0 Å².